The Labute approximate surface area is 85.0 Å². The molecule has 2 amide bonds. The van der Waals surface area contributed by atoms with E-state index in [0.717, 1.165) is 18.7 Å². The minimum Gasteiger partial charge on any atom is -0.338 e. The SMILES string of the molecule is CCCSCCCNC(=O)NCC. The molecule has 0 fully saturated rings. The van der Waals surface area contributed by atoms with Gasteiger partial charge in [0.05, 0.1) is 0 Å². The third-order valence-corrected chi connectivity index (χ3v) is 2.71. The molecule has 0 saturated heterocycles. The van der Waals surface area contributed by atoms with Crippen molar-refractivity contribution in [2.24, 2.45) is 0 Å². The highest BCUT2D eigenvalue weighted by atomic mass is 32.2. The second-order valence-electron chi connectivity index (χ2n) is 2.75. The number of nitrogens with one attached hydrogen (secondary N) is 2. The maximum Gasteiger partial charge on any atom is 0.314 e. The van der Waals surface area contributed by atoms with Gasteiger partial charge in [0.2, 0.25) is 0 Å². The van der Waals surface area contributed by atoms with Gasteiger partial charge in [0.1, 0.15) is 0 Å². The normalized spacial score (nSPS) is 9.69. The Kier molecular flexibility index (Phi) is 9.42. The van der Waals surface area contributed by atoms with Gasteiger partial charge in [-0.15, -0.1) is 0 Å². The summed E-state index contributed by atoms with van der Waals surface area (Å²) in [5.74, 6) is 2.36. The lowest BCUT2D eigenvalue weighted by Crippen LogP contribution is -2.35. The highest BCUT2D eigenvalue weighted by Crippen LogP contribution is 2.02. The Hall–Kier alpha value is -0.380. The summed E-state index contributed by atoms with van der Waals surface area (Å²) in [7, 11) is 0. The van der Waals surface area contributed by atoms with Gasteiger partial charge in [0.25, 0.3) is 0 Å². The van der Waals surface area contributed by atoms with Gasteiger partial charge >= 0.3 is 6.03 Å². The largest absolute Gasteiger partial charge is 0.338 e. The van der Waals surface area contributed by atoms with Crippen molar-refractivity contribution in [1.29, 1.82) is 0 Å². The van der Waals surface area contributed by atoms with E-state index in [4.69, 9.17) is 0 Å². The molecule has 0 radical (unpaired) electrons. The van der Waals surface area contributed by atoms with Crippen LogP contribution in [-0.2, 0) is 0 Å². The van der Waals surface area contributed by atoms with Crippen LogP contribution in [-0.4, -0.2) is 30.6 Å². The van der Waals surface area contributed by atoms with E-state index in [2.05, 4.69) is 17.6 Å². The summed E-state index contributed by atoms with van der Waals surface area (Å²) in [5, 5.41) is 5.49. The van der Waals surface area contributed by atoms with Gasteiger partial charge in [-0.3, -0.25) is 0 Å². The molecule has 0 saturated carbocycles. The van der Waals surface area contributed by atoms with Gasteiger partial charge in [-0.25, -0.2) is 4.79 Å². The van der Waals surface area contributed by atoms with Crippen molar-refractivity contribution in [2.45, 2.75) is 26.7 Å². The molecule has 4 heteroatoms. The average Bonchev–Trinajstić information content (AvgIpc) is 2.11. The van der Waals surface area contributed by atoms with Crippen LogP contribution in [0.5, 0.6) is 0 Å². The average molecular weight is 204 g/mol. The summed E-state index contributed by atoms with van der Waals surface area (Å²) < 4.78 is 0. The lowest BCUT2D eigenvalue weighted by atomic mass is 10.5. The smallest absolute Gasteiger partial charge is 0.314 e. The zero-order valence-corrected chi connectivity index (χ0v) is 9.38. The van der Waals surface area contributed by atoms with E-state index in [9.17, 15) is 4.79 Å². The highest BCUT2D eigenvalue weighted by Gasteiger charge is 1.95. The van der Waals surface area contributed by atoms with Crippen molar-refractivity contribution in [2.75, 3.05) is 24.6 Å². The standard InChI is InChI=1S/C9H20N2OS/c1-3-7-13-8-5-6-11-9(12)10-4-2/h3-8H2,1-2H3,(H2,10,11,12). The van der Waals surface area contributed by atoms with Gasteiger partial charge < -0.3 is 10.6 Å². The summed E-state index contributed by atoms with van der Waals surface area (Å²) in [6.45, 7) is 5.57. The van der Waals surface area contributed by atoms with E-state index in [1.807, 2.05) is 18.7 Å². The fourth-order valence-electron chi connectivity index (χ4n) is 0.846. The lowest BCUT2D eigenvalue weighted by Gasteiger charge is -2.04. The molecule has 0 aromatic carbocycles. The molecule has 0 rings (SSSR count). The number of rotatable bonds is 7. The van der Waals surface area contributed by atoms with Crippen molar-refractivity contribution >= 4 is 17.8 Å². The van der Waals surface area contributed by atoms with Crippen LogP contribution in [0.2, 0.25) is 0 Å². The first-order valence-electron chi connectivity index (χ1n) is 4.90. The van der Waals surface area contributed by atoms with E-state index in [1.54, 1.807) is 0 Å². The van der Waals surface area contributed by atoms with E-state index < -0.39 is 0 Å². The van der Waals surface area contributed by atoms with E-state index >= 15 is 0 Å². The molecule has 0 aliphatic heterocycles. The predicted molar refractivity (Wildman–Crippen MR) is 59.3 cm³/mol. The first kappa shape index (κ1) is 12.6. The first-order valence-corrected chi connectivity index (χ1v) is 6.06. The molecular formula is C9H20N2OS. The zero-order chi connectivity index (χ0) is 9.94. The Morgan fingerprint density at radius 1 is 1.23 bits per heavy atom. The molecule has 2 N–H and O–H groups in total. The molecule has 0 unspecified atom stereocenters. The van der Waals surface area contributed by atoms with Crippen LogP contribution in [0.1, 0.15) is 26.7 Å². The molecule has 0 aliphatic carbocycles. The lowest BCUT2D eigenvalue weighted by molar-refractivity contribution is 0.241. The molecular weight excluding hydrogens is 184 g/mol. The van der Waals surface area contributed by atoms with Crippen LogP contribution in [0.4, 0.5) is 4.79 Å². The third kappa shape index (κ3) is 9.53. The molecule has 0 aliphatic rings. The van der Waals surface area contributed by atoms with E-state index in [-0.39, 0.29) is 6.03 Å². The fourth-order valence-corrected chi connectivity index (χ4v) is 1.69. The van der Waals surface area contributed by atoms with Crippen molar-refractivity contribution in [3.8, 4) is 0 Å². The van der Waals surface area contributed by atoms with Crippen LogP contribution in [0.15, 0.2) is 0 Å². The monoisotopic (exact) mass is 204 g/mol. The van der Waals surface area contributed by atoms with Crippen LogP contribution in [0.25, 0.3) is 0 Å². The minimum absolute atomic E-state index is 0.0528. The van der Waals surface area contributed by atoms with Crippen LogP contribution in [0.3, 0.4) is 0 Å². The van der Waals surface area contributed by atoms with E-state index in [0.29, 0.717) is 6.54 Å². The molecule has 0 bridgehead atoms. The molecule has 0 heterocycles. The van der Waals surface area contributed by atoms with Crippen molar-refractivity contribution < 1.29 is 4.79 Å². The maximum atomic E-state index is 10.9. The fraction of sp³-hybridized carbons (Fsp3) is 0.889. The number of hydrogen-bond donors (Lipinski definition) is 2. The zero-order valence-electron chi connectivity index (χ0n) is 8.56. The van der Waals surface area contributed by atoms with Gasteiger partial charge in [0, 0.05) is 13.1 Å². The van der Waals surface area contributed by atoms with Crippen molar-refractivity contribution in [1.82, 2.24) is 10.6 Å². The Bertz CT molecular complexity index is 131. The molecule has 78 valence electrons. The molecule has 0 atom stereocenters. The van der Waals surface area contributed by atoms with E-state index in [1.165, 1.54) is 12.2 Å². The molecule has 0 spiro atoms. The number of carbonyl (C=O) groups is 1. The Morgan fingerprint density at radius 3 is 2.62 bits per heavy atom. The number of thioether (sulfide) groups is 1. The van der Waals surface area contributed by atoms with Crippen molar-refractivity contribution in [3.63, 3.8) is 0 Å². The number of carbonyl (C=O) groups excluding carboxylic acids is 1. The molecule has 13 heavy (non-hydrogen) atoms. The van der Waals surface area contributed by atoms with Gasteiger partial charge in [-0.2, -0.15) is 11.8 Å². The maximum absolute atomic E-state index is 10.9. The van der Waals surface area contributed by atoms with Crippen LogP contribution in [0, 0.1) is 0 Å². The third-order valence-electron chi connectivity index (χ3n) is 1.44. The summed E-state index contributed by atoms with van der Waals surface area (Å²) in [4.78, 5) is 10.9. The van der Waals surface area contributed by atoms with Gasteiger partial charge in [0.15, 0.2) is 0 Å². The summed E-state index contributed by atoms with van der Waals surface area (Å²) in [6.07, 6.45) is 2.29. The summed E-state index contributed by atoms with van der Waals surface area (Å²) in [6, 6.07) is -0.0528. The molecule has 0 aromatic rings. The molecule has 3 nitrogen and oxygen atoms in total. The summed E-state index contributed by atoms with van der Waals surface area (Å²) >= 11 is 1.95. The van der Waals surface area contributed by atoms with Crippen molar-refractivity contribution in [3.05, 3.63) is 0 Å². The topological polar surface area (TPSA) is 41.1 Å². The molecule has 0 aromatic heterocycles. The second kappa shape index (κ2) is 9.71. The predicted octanol–water partition coefficient (Wildman–Crippen LogP) is 1.84. The number of hydrogen-bond acceptors (Lipinski definition) is 2. The van der Waals surface area contributed by atoms with Crippen LogP contribution >= 0.6 is 11.8 Å². The summed E-state index contributed by atoms with van der Waals surface area (Å²) in [5.41, 5.74) is 0. The first-order chi connectivity index (χ1) is 6.31. The quantitative estimate of drug-likeness (QED) is 0.621. The number of urea groups is 1. The van der Waals surface area contributed by atoms with Gasteiger partial charge in [-0.05, 0) is 31.3 Å². The number of amides is 2. The highest BCUT2D eigenvalue weighted by molar-refractivity contribution is 7.99. The minimum atomic E-state index is -0.0528. The Morgan fingerprint density at radius 2 is 2.00 bits per heavy atom. The Balaban J connectivity index is 3.02. The second-order valence-corrected chi connectivity index (χ2v) is 3.98. The van der Waals surface area contributed by atoms with Crippen LogP contribution < -0.4 is 10.6 Å². The van der Waals surface area contributed by atoms with Gasteiger partial charge in [-0.1, -0.05) is 6.92 Å².